The first kappa shape index (κ1) is 18.0. The minimum Gasteiger partial charge on any atom is -0.374 e. The van der Waals surface area contributed by atoms with Gasteiger partial charge in [0.25, 0.3) is 0 Å². The van der Waals surface area contributed by atoms with Crippen LogP contribution in [0, 0.1) is 0 Å². The van der Waals surface area contributed by atoms with Gasteiger partial charge in [0.1, 0.15) is 6.04 Å². The average molecular weight is 331 g/mol. The van der Waals surface area contributed by atoms with Crippen LogP contribution in [0.3, 0.4) is 0 Å². The fourth-order valence-corrected chi connectivity index (χ4v) is 2.83. The molecule has 1 aliphatic rings. The number of carbonyl (C=O) groups is 3. The molecule has 1 fully saturated rings. The minimum absolute atomic E-state index is 0.0392. The van der Waals surface area contributed by atoms with E-state index in [0.717, 1.165) is 25.7 Å². The molecule has 1 aromatic rings. The van der Waals surface area contributed by atoms with Gasteiger partial charge >= 0.3 is 6.03 Å². The van der Waals surface area contributed by atoms with Crippen LogP contribution in [0.1, 0.15) is 56.3 Å². The van der Waals surface area contributed by atoms with Crippen molar-refractivity contribution in [3.63, 3.8) is 0 Å². The van der Waals surface area contributed by atoms with Crippen molar-refractivity contribution in [2.45, 2.75) is 58.0 Å². The zero-order chi connectivity index (χ0) is 17.5. The Kier molecular flexibility index (Phi) is 6.35. The predicted molar refractivity (Wildman–Crippen MR) is 93.1 cm³/mol. The fourth-order valence-electron chi connectivity index (χ4n) is 2.83. The van der Waals surface area contributed by atoms with Gasteiger partial charge in [-0.15, -0.1) is 0 Å². The van der Waals surface area contributed by atoms with Crippen LogP contribution >= 0.6 is 0 Å². The lowest BCUT2D eigenvalue weighted by Crippen LogP contribution is -2.49. The number of Topliss-reactive ketones (excluding diaryl/α,β-unsaturated/α-hetero) is 1. The van der Waals surface area contributed by atoms with E-state index in [0.29, 0.717) is 11.3 Å². The van der Waals surface area contributed by atoms with Gasteiger partial charge in [0.15, 0.2) is 5.78 Å². The fraction of sp³-hybridized carbons (Fsp3) is 0.500. The summed E-state index contributed by atoms with van der Waals surface area (Å²) in [4.78, 5) is 35.4. The van der Waals surface area contributed by atoms with Gasteiger partial charge in [0.2, 0.25) is 5.91 Å². The largest absolute Gasteiger partial charge is 0.374 e. The summed E-state index contributed by atoms with van der Waals surface area (Å²) in [6, 6.07) is 6.05. The molecule has 130 valence electrons. The number of amides is 3. The lowest BCUT2D eigenvalue weighted by atomic mass is 9.96. The molecule has 2 rings (SSSR count). The van der Waals surface area contributed by atoms with Crippen molar-refractivity contribution in [1.82, 2.24) is 10.6 Å². The Bertz CT molecular complexity index is 609. The van der Waals surface area contributed by atoms with Crippen molar-refractivity contribution in [2.75, 3.05) is 5.32 Å². The van der Waals surface area contributed by atoms with Gasteiger partial charge in [-0.25, -0.2) is 4.79 Å². The number of anilines is 1. The lowest BCUT2D eigenvalue weighted by Gasteiger charge is -2.23. The molecule has 0 aromatic heterocycles. The quantitative estimate of drug-likeness (QED) is 0.724. The number of nitrogens with one attached hydrogen (secondary N) is 3. The summed E-state index contributed by atoms with van der Waals surface area (Å²) in [6.45, 7) is 3.16. The van der Waals surface area contributed by atoms with Crippen molar-refractivity contribution in [1.29, 1.82) is 0 Å². The van der Waals surface area contributed by atoms with Crippen molar-refractivity contribution >= 4 is 23.4 Å². The van der Waals surface area contributed by atoms with Crippen LogP contribution in [0.15, 0.2) is 24.3 Å². The summed E-state index contributed by atoms with van der Waals surface area (Å²) < 4.78 is 0. The van der Waals surface area contributed by atoms with Gasteiger partial charge in [0.05, 0.1) is 0 Å². The van der Waals surface area contributed by atoms with Crippen molar-refractivity contribution < 1.29 is 14.4 Å². The third-order valence-electron chi connectivity index (χ3n) is 4.22. The Morgan fingerprint density at radius 2 is 1.83 bits per heavy atom. The number of imide groups is 1. The second-order valence-electron chi connectivity index (χ2n) is 6.30. The molecule has 0 bridgehead atoms. The molecule has 0 radical (unpaired) electrons. The maximum absolute atomic E-state index is 12.1. The molecule has 0 spiro atoms. The second-order valence-corrected chi connectivity index (χ2v) is 6.30. The van der Waals surface area contributed by atoms with Gasteiger partial charge < -0.3 is 10.6 Å². The molecular weight excluding hydrogens is 306 g/mol. The predicted octanol–water partition coefficient (Wildman–Crippen LogP) is 2.85. The topological polar surface area (TPSA) is 87.3 Å². The number of ketones is 1. The third-order valence-corrected chi connectivity index (χ3v) is 4.22. The number of benzene rings is 1. The number of urea groups is 1. The molecule has 1 saturated carbocycles. The normalized spacial score (nSPS) is 16.1. The Balaban J connectivity index is 1.84. The van der Waals surface area contributed by atoms with Gasteiger partial charge in [-0.1, -0.05) is 31.4 Å². The zero-order valence-corrected chi connectivity index (χ0v) is 14.2. The smallest absolute Gasteiger partial charge is 0.321 e. The van der Waals surface area contributed by atoms with Crippen LogP contribution in [-0.4, -0.2) is 29.8 Å². The lowest BCUT2D eigenvalue weighted by molar-refractivity contribution is -0.120. The Morgan fingerprint density at radius 3 is 2.50 bits per heavy atom. The van der Waals surface area contributed by atoms with Gasteiger partial charge in [-0.3, -0.25) is 14.9 Å². The van der Waals surface area contributed by atoms with E-state index in [2.05, 4.69) is 16.0 Å². The highest BCUT2D eigenvalue weighted by atomic mass is 16.2. The van der Waals surface area contributed by atoms with Crippen LogP contribution in [-0.2, 0) is 4.79 Å². The first-order chi connectivity index (χ1) is 11.5. The first-order valence-corrected chi connectivity index (χ1v) is 8.44. The highest BCUT2D eigenvalue weighted by Crippen LogP contribution is 2.17. The van der Waals surface area contributed by atoms with Crippen LogP contribution in [0.5, 0.6) is 0 Å². The van der Waals surface area contributed by atoms with Crippen LogP contribution in [0.4, 0.5) is 10.5 Å². The standard InChI is InChI=1S/C18H25N3O3/c1-12(19-16-10-6-7-14(11-16)13(2)22)17(23)21-18(24)20-15-8-4-3-5-9-15/h6-7,10-12,15,19H,3-5,8-9H2,1-2H3,(H2,20,21,23,24). The van der Waals surface area contributed by atoms with Crippen molar-refractivity contribution in [3.05, 3.63) is 29.8 Å². The second kappa shape index (κ2) is 8.47. The molecule has 1 atom stereocenters. The van der Waals surface area contributed by atoms with Crippen LogP contribution in [0.2, 0.25) is 0 Å². The van der Waals surface area contributed by atoms with E-state index in [4.69, 9.17) is 0 Å². The summed E-state index contributed by atoms with van der Waals surface area (Å²) in [6.07, 6.45) is 5.37. The molecular formula is C18H25N3O3. The highest BCUT2D eigenvalue weighted by Gasteiger charge is 2.19. The Hall–Kier alpha value is -2.37. The molecule has 0 saturated heterocycles. The van der Waals surface area contributed by atoms with E-state index in [-0.39, 0.29) is 11.8 Å². The summed E-state index contributed by atoms with van der Waals surface area (Å²) in [5.41, 5.74) is 1.24. The van der Waals surface area contributed by atoms with Gasteiger partial charge in [-0.2, -0.15) is 0 Å². The van der Waals surface area contributed by atoms with E-state index in [1.165, 1.54) is 13.3 Å². The van der Waals surface area contributed by atoms with Crippen molar-refractivity contribution in [3.8, 4) is 0 Å². The molecule has 6 nitrogen and oxygen atoms in total. The van der Waals surface area contributed by atoms with E-state index in [9.17, 15) is 14.4 Å². The summed E-state index contributed by atoms with van der Waals surface area (Å²) >= 11 is 0. The van der Waals surface area contributed by atoms with E-state index < -0.39 is 18.0 Å². The van der Waals surface area contributed by atoms with E-state index in [1.54, 1.807) is 31.2 Å². The summed E-state index contributed by atoms with van der Waals surface area (Å²) in [5.74, 6) is -0.445. The Morgan fingerprint density at radius 1 is 1.12 bits per heavy atom. The van der Waals surface area contributed by atoms with E-state index in [1.807, 2.05) is 0 Å². The van der Waals surface area contributed by atoms with Crippen molar-refractivity contribution in [2.24, 2.45) is 0 Å². The number of hydrogen-bond acceptors (Lipinski definition) is 4. The number of hydrogen-bond donors (Lipinski definition) is 3. The SMILES string of the molecule is CC(=O)c1cccc(NC(C)C(=O)NC(=O)NC2CCCCC2)c1. The van der Waals surface area contributed by atoms with Gasteiger partial charge in [-0.05, 0) is 38.8 Å². The Labute approximate surface area is 142 Å². The van der Waals surface area contributed by atoms with Crippen LogP contribution in [0.25, 0.3) is 0 Å². The molecule has 1 aromatic carbocycles. The maximum Gasteiger partial charge on any atom is 0.321 e. The molecule has 1 aliphatic carbocycles. The number of rotatable bonds is 5. The van der Waals surface area contributed by atoms with E-state index >= 15 is 0 Å². The first-order valence-electron chi connectivity index (χ1n) is 8.44. The van der Waals surface area contributed by atoms with Crippen LogP contribution < -0.4 is 16.0 Å². The molecule has 3 amide bonds. The minimum atomic E-state index is -0.593. The molecule has 3 N–H and O–H groups in total. The monoisotopic (exact) mass is 331 g/mol. The average Bonchev–Trinajstić information content (AvgIpc) is 2.55. The molecule has 24 heavy (non-hydrogen) atoms. The summed E-state index contributed by atoms with van der Waals surface area (Å²) in [5, 5.41) is 8.22. The number of carbonyl (C=O) groups excluding carboxylic acids is 3. The van der Waals surface area contributed by atoms with Gasteiger partial charge in [0, 0.05) is 17.3 Å². The zero-order valence-electron chi connectivity index (χ0n) is 14.2. The molecule has 1 unspecified atom stereocenters. The molecule has 0 aliphatic heterocycles. The molecule has 0 heterocycles. The molecule has 6 heteroatoms. The maximum atomic E-state index is 12.1. The third kappa shape index (κ3) is 5.37. The highest BCUT2D eigenvalue weighted by molar-refractivity contribution is 5.98. The summed E-state index contributed by atoms with van der Waals surface area (Å²) in [7, 11) is 0.